The third kappa shape index (κ3) is 5.59. The molecule has 2 rings (SSSR count). The quantitative estimate of drug-likeness (QED) is 0.704. The molecular formula is C19H23ClN4O3. The second kappa shape index (κ2) is 9.78. The van der Waals surface area contributed by atoms with Crippen molar-refractivity contribution in [3.8, 4) is 0 Å². The Balaban J connectivity index is 2.04. The Morgan fingerprint density at radius 2 is 1.93 bits per heavy atom. The molecule has 0 fully saturated rings. The van der Waals surface area contributed by atoms with Gasteiger partial charge in [-0.05, 0) is 49.7 Å². The van der Waals surface area contributed by atoms with Crippen molar-refractivity contribution in [1.29, 1.82) is 0 Å². The average Bonchev–Trinajstić information content (AvgIpc) is 2.67. The number of aromatic nitrogens is 1. The third-order valence-corrected chi connectivity index (χ3v) is 4.22. The van der Waals surface area contributed by atoms with Gasteiger partial charge in [0.25, 0.3) is 0 Å². The summed E-state index contributed by atoms with van der Waals surface area (Å²) in [5, 5.41) is 5.80. The van der Waals surface area contributed by atoms with E-state index in [1.165, 1.54) is 19.2 Å². The minimum atomic E-state index is -0.556. The van der Waals surface area contributed by atoms with Gasteiger partial charge in [0, 0.05) is 30.9 Å². The fourth-order valence-electron chi connectivity index (χ4n) is 2.55. The number of amides is 2. The molecule has 0 saturated carbocycles. The number of nitrogens with one attached hydrogen (secondary N) is 2. The summed E-state index contributed by atoms with van der Waals surface area (Å²) in [5.74, 6) is 0.308. The first kappa shape index (κ1) is 20.5. The van der Waals surface area contributed by atoms with Crippen LogP contribution in [0.4, 0.5) is 16.3 Å². The fraction of sp³-hybridized carbons (Fsp3) is 0.316. The summed E-state index contributed by atoms with van der Waals surface area (Å²) in [7, 11) is 1.28. The number of esters is 1. The van der Waals surface area contributed by atoms with E-state index in [0.717, 1.165) is 24.5 Å². The monoisotopic (exact) mass is 390 g/mol. The van der Waals surface area contributed by atoms with E-state index in [1.54, 1.807) is 12.3 Å². The maximum absolute atomic E-state index is 12.2. The summed E-state index contributed by atoms with van der Waals surface area (Å²) in [6.07, 6.45) is 1.72. The van der Waals surface area contributed by atoms with E-state index in [4.69, 9.17) is 16.3 Å². The summed E-state index contributed by atoms with van der Waals surface area (Å²) in [6, 6.07) is 7.88. The van der Waals surface area contributed by atoms with Crippen LogP contribution in [-0.4, -0.2) is 37.2 Å². The highest BCUT2D eigenvalue weighted by Crippen LogP contribution is 2.22. The zero-order chi connectivity index (χ0) is 19.8. The molecular weight excluding hydrogens is 368 g/mol. The number of pyridine rings is 1. The lowest BCUT2D eigenvalue weighted by Gasteiger charge is -2.20. The minimum absolute atomic E-state index is 0.227. The van der Waals surface area contributed by atoms with Crippen LogP contribution in [0.15, 0.2) is 36.5 Å². The van der Waals surface area contributed by atoms with Gasteiger partial charge in [0.05, 0.1) is 18.4 Å². The molecule has 0 aliphatic carbocycles. The lowest BCUT2D eigenvalue weighted by molar-refractivity contribution is 0.0602. The van der Waals surface area contributed by atoms with Crippen molar-refractivity contribution in [2.45, 2.75) is 20.4 Å². The van der Waals surface area contributed by atoms with Crippen molar-refractivity contribution >= 4 is 35.1 Å². The first-order chi connectivity index (χ1) is 13.0. The number of halogens is 1. The van der Waals surface area contributed by atoms with Crippen LogP contribution in [0, 0.1) is 0 Å². The summed E-state index contributed by atoms with van der Waals surface area (Å²) < 4.78 is 4.72. The number of urea groups is 1. The molecule has 0 aliphatic heterocycles. The van der Waals surface area contributed by atoms with Crippen molar-refractivity contribution < 1.29 is 14.3 Å². The molecule has 0 unspecified atom stereocenters. The zero-order valence-electron chi connectivity index (χ0n) is 15.6. The number of ether oxygens (including phenoxy) is 1. The van der Waals surface area contributed by atoms with E-state index in [2.05, 4.69) is 34.4 Å². The predicted molar refractivity (Wildman–Crippen MR) is 106 cm³/mol. The van der Waals surface area contributed by atoms with E-state index in [-0.39, 0.29) is 11.3 Å². The predicted octanol–water partition coefficient (Wildman–Crippen LogP) is 3.69. The molecule has 1 aromatic carbocycles. The summed E-state index contributed by atoms with van der Waals surface area (Å²) in [4.78, 5) is 30.5. The number of rotatable bonds is 7. The zero-order valence-corrected chi connectivity index (χ0v) is 16.3. The number of nitrogens with zero attached hydrogens (tertiary/aromatic N) is 2. The standard InChI is InChI=1S/C19H23ClN4O3/c1-4-24(5-2)17-10-13(8-9-21-17)12-22-19(26)23-16-11-14(20)6-7-15(16)18(25)27-3/h6-11H,4-5,12H2,1-3H3,(H2,22,23,26). The maximum Gasteiger partial charge on any atom is 0.339 e. The molecule has 2 aromatic rings. The van der Waals surface area contributed by atoms with Crippen LogP contribution < -0.4 is 15.5 Å². The first-order valence-corrected chi connectivity index (χ1v) is 8.98. The molecule has 144 valence electrons. The smallest absolute Gasteiger partial charge is 0.339 e. The van der Waals surface area contributed by atoms with Crippen LogP contribution in [0.25, 0.3) is 0 Å². The number of hydrogen-bond acceptors (Lipinski definition) is 5. The van der Waals surface area contributed by atoms with E-state index < -0.39 is 12.0 Å². The van der Waals surface area contributed by atoms with Crippen LogP contribution >= 0.6 is 11.6 Å². The Kier molecular flexibility index (Phi) is 7.43. The molecule has 0 radical (unpaired) electrons. The molecule has 7 nitrogen and oxygen atoms in total. The number of carbonyl (C=O) groups excluding carboxylic acids is 2. The van der Waals surface area contributed by atoms with Gasteiger partial charge in [-0.2, -0.15) is 0 Å². The van der Waals surface area contributed by atoms with E-state index >= 15 is 0 Å². The van der Waals surface area contributed by atoms with E-state index in [9.17, 15) is 9.59 Å². The number of hydrogen-bond donors (Lipinski definition) is 2. The highest BCUT2D eigenvalue weighted by Gasteiger charge is 2.14. The Hall–Kier alpha value is -2.80. The first-order valence-electron chi connectivity index (χ1n) is 8.61. The molecule has 1 aromatic heterocycles. The number of anilines is 2. The van der Waals surface area contributed by atoms with Gasteiger partial charge < -0.3 is 20.3 Å². The van der Waals surface area contributed by atoms with Crippen LogP contribution in [0.2, 0.25) is 5.02 Å². The molecule has 0 atom stereocenters. The van der Waals surface area contributed by atoms with Gasteiger partial charge in [0.2, 0.25) is 0 Å². The van der Waals surface area contributed by atoms with Crippen LogP contribution in [0.1, 0.15) is 29.8 Å². The number of carbonyl (C=O) groups is 2. The Morgan fingerprint density at radius 3 is 2.59 bits per heavy atom. The van der Waals surface area contributed by atoms with Gasteiger partial charge in [-0.25, -0.2) is 14.6 Å². The maximum atomic E-state index is 12.2. The highest BCUT2D eigenvalue weighted by atomic mass is 35.5. The second-order valence-electron chi connectivity index (χ2n) is 5.68. The summed E-state index contributed by atoms with van der Waals surface area (Å²) in [6.45, 7) is 6.15. The summed E-state index contributed by atoms with van der Waals surface area (Å²) >= 11 is 5.96. The molecule has 1 heterocycles. The molecule has 2 amide bonds. The van der Waals surface area contributed by atoms with E-state index in [0.29, 0.717) is 11.6 Å². The van der Waals surface area contributed by atoms with Gasteiger partial charge in [0.15, 0.2) is 0 Å². The third-order valence-electron chi connectivity index (χ3n) is 3.99. The molecule has 0 saturated heterocycles. The number of methoxy groups -OCH3 is 1. The molecule has 2 N–H and O–H groups in total. The van der Waals surface area contributed by atoms with Crippen molar-refractivity contribution in [3.05, 3.63) is 52.7 Å². The average molecular weight is 391 g/mol. The Bertz CT molecular complexity index is 809. The van der Waals surface area contributed by atoms with Gasteiger partial charge in [-0.15, -0.1) is 0 Å². The topological polar surface area (TPSA) is 83.6 Å². The molecule has 0 spiro atoms. The van der Waals surface area contributed by atoms with Crippen molar-refractivity contribution in [3.63, 3.8) is 0 Å². The normalized spacial score (nSPS) is 10.2. The molecule has 0 bridgehead atoms. The van der Waals surface area contributed by atoms with Crippen molar-refractivity contribution in [2.75, 3.05) is 30.4 Å². The van der Waals surface area contributed by atoms with Crippen LogP contribution in [0.5, 0.6) is 0 Å². The molecule has 8 heteroatoms. The Labute approximate surface area is 163 Å². The highest BCUT2D eigenvalue weighted by molar-refractivity contribution is 6.31. The van der Waals surface area contributed by atoms with Gasteiger partial charge in [-0.1, -0.05) is 11.6 Å². The lowest BCUT2D eigenvalue weighted by Crippen LogP contribution is -2.29. The van der Waals surface area contributed by atoms with E-state index in [1.807, 2.05) is 12.1 Å². The lowest BCUT2D eigenvalue weighted by atomic mass is 10.2. The number of benzene rings is 1. The van der Waals surface area contributed by atoms with Crippen molar-refractivity contribution in [1.82, 2.24) is 10.3 Å². The van der Waals surface area contributed by atoms with Gasteiger partial charge in [0.1, 0.15) is 5.82 Å². The fourth-order valence-corrected chi connectivity index (χ4v) is 2.72. The SMILES string of the molecule is CCN(CC)c1cc(CNC(=O)Nc2cc(Cl)ccc2C(=O)OC)ccn1. The molecule has 0 aliphatic rings. The molecule has 27 heavy (non-hydrogen) atoms. The van der Waals surface area contributed by atoms with Gasteiger partial charge in [-0.3, -0.25) is 0 Å². The minimum Gasteiger partial charge on any atom is -0.465 e. The van der Waals surface area contributed by atoms with Crippen molar-refractivity contribution in [2.24, 2.45) is 0 Å². The largest absolute Gasteiger partial charge is 0.465 e. The van der Waals surface area contributed by atoms with Crippen LogP contribution in [-0.2, 0) is 11.3 Å². The summed E-state index contributed by atoms with van der Waals surface area (Å²) in [5.41, 5.74) is 1.43. The van der Waals surface area contributed by atoms with Gasteiger partial charge >= 0.3 is 12.0 Å². The second-order valence-corrected chi connectivity index (χ2v) is 6.12. The van der Waals surface area contributed by atoms with Crippen LogP contribution in [0.3, 0.4) is 0 Å². The Morgan fingerprint density at radius 1 is 1.19 bits per heavy atom.